The van der Waals surface area contributed by atoms with Crippen molar-refractivity contribution in [2.24, 2.45) is 11.8 Å². The number of benzene rings is 2. The van der Waals surface area contributed by atoms with Gasteiger partial charge < -0.3 is 25.2 Å². The monoisotopic (exact) mass is 550 g/mol. The van der Waals surface area contributed by atoms with E-state index in [9.17, 15) is 19.5 Å². The van der Waals surface area contributed by atoms with Crippen molar-refractivity contribution in [2.75, 3.05) is 13.2 Å². The molecule has 216 valence electrons. The second-order valence-corrected chi connectivity index (χ2v) is 10.6. The minimum Gasteiger partial charge on any atom is -0.489 e. The summed E-state index contributed by atoms with van der Waals surface area (Å²) in [5.41, 5.74) is 2.03. The molecule has 0 aliphatic carbocycles. The van der Waals surface area contributed by atoms with E-state index in [0.29, 0.717) is 38.7 Å². The third-order valence-electron chi connectivity index (χ3n) is 6.94. The van der Waals surface area contributed by atoms with Crippen molar-refractivity contribution in [1.82, 2.24) is 10.6 Å². The standard InChI is InChI=1S/C32H42N2O6/c1-23(2)29-22-40-31(37)13-9-4-3-8-12-26(32(38)34-29)19-30(36)33-27(20-35)18-24-14-16-28(17-15-24)39-21-25-10-6-5-7-11-25/h3,5-8,10-11,14-17,23,26-27,29,35H,4,9,12-13,18-22H2,1-2H3,(H,33,36)(H,34,38). The molecule has 0 aromatic heterocycles. The van der Waals surface area contributed by atoms with Gasteiger partial charge in [-0.25, -0.2) is 0 Å². The van der Waals surface area contributed by atoms with Crippen LogP contribution in [0.15, 0.2) is 66.7 Å². The molecule has 0 fully saturated rings. The van der Waals surface area contributed by atoms with Gasteiger partial charge in [0.2, 0.25) is 11.8 Å². The molecule has 8 nitrogen and oxygen atoms in total. The highest BCUT2D eigenvalue weighted by Crippen LogP contribution is 2.17. The Morgan fingerprint density at radius 1 is 1.07 bits per heavy atom. The summed E-state index contributed by atoms with van der Waals surface area (Å²) in [6.45, 7) is 4.26. The van der Waals surface area contributed by atoms with E-state index in [-0.39, 0.29) is 49.4 Å². The molecule has 8 heteroatoms. The Bertz CT molecular complexity index is 1100. The lowest BCUT2D eigenvalue weighted by molar-refractivity contribution is -0.145. The molecule has 2 aromatic rings. The van der Waals surface area contributed by atoms with Crippen molar-refractivity contribution in [2.45, 2.75) is 71.1 Å². The summed E-state index contributed by atoms with van der Waals surface area (Å²) in [5.74, 6) is -0.598. The first kappa shape index (κ1) is 30.9. The van der Waals surface area contributed by atoms with Gasteiger partial charge in [0.05, 0.1) is 24.6 Å². The van der Waals surface area contributed by atoms with E-state index >= 15 is 0 Å². The number of esters is 1. The van der Waals surface area contributed by atoms with Crippen LogP contribution in [-0.4, -0.2) is 48.2 Å². The average molecular weight is 551 g/mol. The van der Waals surface area contributed by atoms with E-state index in [2.05, 4.69) is 10.6 Å². The largest absolute Gasteiger partial charge is 0.489 e. The molecule has 1 heterocycles. The number of hydrogen-bond acceptors (Lipinski definition) is 6. The Balaban J connectivity index is 1.55. The average Bonchev–Trinajstić information content (AvgIpc) is 2.96. The zero-order chi connectivity index (χ0) is 28.7. The highest BCUT2D eigenvalue weighted by atomic mass is 16.5. The minimum atomic E-state index is -0.575. The number of carbonyl (C=O) groups excluding carboxylic acids is 3. The van der Waals surface area contributed by atoms with Crippen LogP contribution in [0, 0.1) is 11.8 Å². The van der Waals surface area contributed by atoms with Crippen molar-refractivity contribution >= 4 is 17.8 Å². The summed E-state index contributed by atoms with van der Waals surface area (Å²) < 4.78 is 11.2. The molecule has 1 aliphatic heterocycles. The Morgan fingerprint density at radius 2 is 1.82 bits per heavy atom. The summed E-state index contributed by atoms with van der Waals surface area (Å²) in [6, 6.07) is 16.7. The minimum absolute atomic E-state index is 0.0104. The number of ether oxygens (including phenoxy) is 2. The Kier molecular flexibility index (Phi) is 12.7. The van der Waals surface area contributed by atoms with E-state index in [0.717, 1.165) is 16.9 Å². The van der Waals surface area contributed by atoms with Gasteiger partial charge in [0.25, 0.3) is 0 Å². The van der Waals surface area contributed by atoms with Gasteiger partial charge in [-0.2, -0.15) is 0 Å². The smallest absolute Gasteiger partial charge is 0.305 e. The summed E-state index contributed by atoms with van der Waals surface area (Å²) in [6.07, 6.45) is 6.39. The number of nitrogens with one attached hydrogen (secondary N) is 2. The number of aliphatic hydroxyl groups excluding tert-OH is 1. The molecule has 0 spiro atoms. The lowest BCUT2D eigenvalue weighted by atomic mass is 9.96. The number of rotatable bonds is 10. The Labute approximate surface area is 237 Å². The zero-order valence-electron chi connectivity index (χ0n) is 23.5. The third-order valence-corrected chi connectivity index (χ3v) is 6.94. The van der Waals surface area contributed by atoms with Crippen LogP contribution in [0.25, 0.3) is 0 Å². The topological polar surface area (TPSA) is 114 Å². The second kappa shape index (κ2) is 16.5. The van der Waals surface area contributed by atoms with Crippen LogP contribution < -0.4 is 15.4 Å². The van der Waals surface area contributed by atoms with Gasteiger partial charge in [-0.1, -0.05) is 68.5 Å². The Morgan fingerprint density at radius 3 is 2.52 bits per heavy atom. The van der Waals surface area contributed by atoms with Crippen LogP contribution in [-0.2, 0) is 32.1 Å². The lowest BCUT2D eigenvalue weighted by Crippen LogP contribution is -2.46. The summed E-state index contributed by atoms with van der Waals surface area (Å²) in [4.78, 5) is 38.1. The van der Waals surface area contributed by atoms with Crippen LogP contribution in [0.1, 0.15) is 57.1 Å². The second-order valence-electron chi connectivity index (χ2n) is 10.6. The zero-order valence-corrected chi connectivity index (χ0v) is 23.5. The molecule has 0 radical (unpaired) electrons. The molecule has 40 heavy (non-hydrogen) atoms. The van der Waals surface area contributed by atoms with Gasteiger partial charge in [0.15, 0.2) is 0 Å². The number of cyclic esters (lactones) is 1. The molecule has 3 rings (SSSR count). The highest BCUT2D eigenvalue weighted by molar-refractivity contribution is 5.86. The molecule has 2 amide bonds. The van der Waals surface area contributed by atoms with Crippen molar-refractivity contribution in [3.8, 4) is 5.75 Å². The normalized spacial score (nSPS) is 19.4. The highest BCUT2D eigenvalue weighted by Gasteiger charge is 2.26. The van der Waals surface area contributed by atoms with E-state index < -0.39 is 12.0 Å². The summed E-state index contributed by atoms with van der Waals surface area (Å²) in [7, 11) is 0. The van der Waals surface area contributed by atoms with Gasteiger partial charge in [-0.3, -0.25) is 14.4 Å². The summed E-state index contributed by atoms with van der Waals surface area (Å²) in [5, 5.41) is 15.8. The first-order chi connectivity index (χ1) is 19.3. The maximum Gasteiger partial charge on any atom is 0.305 e. The number of allylic oxidation sites excluding steroid dienone is 2. The van der Waals surface area contributed by atoms with Crippen LogP contribution in [0.3, 0.4) is 0 Å². The predicted molar refractivity (Wildman–Crippen MR) is 153 cm³/mol. The van der Waals surface area contributed by atoms with E-state index in [1.165, 1.54) is 0 Å². The first-order valence-electron chi connectivity index (χ1n) is 14.1. The van der Waals surface area contributed by atoms with Crippen molar-refractivity contribution in [3.05, 3.63) is 77.9 Å². The molecule has 1 aliphatic rings. The first-order valence-corrected chi connectivity index (χ1v) is 14.1. The SMILES string of the molecule is CC(C)C1COC(=O)CCCC=CCC(CC(=O)NC(CO)Cc2ccc(OCc3ccccc3)cc2)C(=O)N1. The fourth-order valence-electron chi connectivity index (χ4n) is 4.40. The van der Waals surface area contributed by atoms with Crippen LogP contribution in [0.2, 0.25) is 0 Å². The predicted octanol–water partition coefficient (Wildman–Crippen LogP) is 4.11. The van der Waals surface area contributed by atoms with E-state index in [1.807, 2.05) is 80.6 Å². The van der Waals surface area contributed by atoms with Gasteiger partial charge in [-0.05, 0) is 54.9 Å². The molecule has 0 bridgehead atoms. The van der Waals surface area contributed by atoms with Crippen LogP contribution in [0.5, 0.6) is 5.75 Å². The number of amides is 2. The van der Waals surface area contributed by atoms with Gasteiger partial charge in [0.1, 0.15) is 19.0 Å². The number of carbonyl (C=O) groups is 3. The van der Waals surface area contributed by atoms with Gasteiger partial charge in [-0.15, -0.1) is 0 Å². The Hall–Kier alpha value is -3.65. The maximum atomic E-state index is 13.1. The van der Waals surface area contributed by atoms with E-state index in [4.69, 9.17) is 9.47 Å². The molecule has 0 saturated heterocycles. The molecule has 3 atom stereocenters. The van der Waals surface area contributed by atoms with E-state index in [1.54, 1.807) is 0 Å². The lowest BCUT2D eigenvalue weighted by Gasteiger charge is -2.25. The fourth-order valence-corrected chi connectivity index (χ4v) is 4.40. The maximum absolute atomic E-state index is 13.1. The van der Waals surface area contributed by atoms with Crippen molar-refractivity contribution < 1.29 is 29.0 Å². The van der Waals surface area contributed by atoms with Crippen molar-refractivity contribution in [1.29, 1.82) is 0 Å². The van der Waals surface area contributed by atoms with Crippen molar-refractivity contribution in [3.63, 3.8) is 0 Å². The third kappa shape index (κ3) is 10.8. The van der Waals surface area contributed by atoms with Crippen LogP contribution in [0.4, 0.5) is 0 Å². The van der Waals surface area contributed by atoms with Gasteiger partial charge >= 0.3 is 5.97 Å². The number of aliphatic hydroxyl groups is 1. The van der Waals surface area contributed by atoms with Crippen LogP contribution >= 0.6 is 0 Å². The molecular weight excluding hydrogens is 508 g/mol. The quantitative estimate of drug-likeness (QED) is 0.303. The molecular formula is C32H42N2O6. The molecule has 3 unspecified atom stereocenters. The molecule has 3 N–H and O–H groups in total. The summed E-state index contributed by atoms with van der Waals surface area (Å²) >= 11 is 0. The van der Waals surface area contributed by atoms with Gasteiger partial charge in [0, 0.05) is 12.8 Å². The fraction of sp³-hybridized carbons (Fsp3) is 0.469. The molecule has 0 saturated carbocycles. The number of hydrogen-bond donors (Lipinski definition) is 3. The molecule has 2 aromatic carbocycles.